The second-order valence-corrected chi connectivity index (χ2v) is 0. The predicted octanol–water partition coefficient (Wildman–Crippen LogP) is -1.65. The van der Waals surface area contributed by atoms with E-state index in [4.69, 9.17) is 28.8 Å². The van der Waals surface area contributed by atoms with Gasteiger partial charge in [-0.3, -0.25) is 40.7 Å². The van der Waals surface area contributed by atoms with Crippen molar-refractivity contribution >= 4 is 40.7 Å². The van der Waals surface area contributed by atoms with Crippen molar-refractivity contribution in [2.24, 2.45) is 0 Å². The van der Waals surface area contributed by atoms with Crippen LogP contribution in [0.25, 0.3) is 0 Å². The smallest absolute Gasteiger partial charge is 0 e. The van der Waals surface area contributed by atoms with Gasteiger partial charge in [0.1, 0.15) is 0 Å². The van der Waals surface area contributed by atoms with Crippen LogP contribution in [0.15, 0.2) is 0 Å². The first kappa shape index (κ1) is 61.6. The van der Waals surface area contributed by atoms with E-state index in [1.807, 2.05) is 0 Å². The van der Waals surface area contributed by atoms with Gasteiger partial charge in [0, 0.05) is 18.6 Å². The second-order valence-electron chi connectivity index (χ2n) is 0. The largest absolute Gasteiger partial charge is 0.545 e. The minimum atomic E-state index is 0. The summed E-state index contributed by atoms with van der Waals surface area (Å²) in [7, 11) is 0. The summed E-state index contributed by atoms with van der Waals surface area (Å²) < 4.78 is 0. The van der Waals surface area contributed by atoms with Crippen LogP contribution in [0.2, 0.25) is 0 Å². The van der Waals surface area contributed by atoms with Crippen molar-refractivity contribution in [2.45, 2.75) is 0 Å². The zero-order valence-corrected chi connectivity index (χ0v) is 7.76. The third-order valence-electron chi connectivity index (χ3n) is 0. The maximum Gasteiger partial charge on any atom is 0 e. The van der Waals surface area contributed by atoms with E-state index in [1.165, 1.54) is 0 Å². The van der Waals surface area contributed by atoms with Crippen LogP contribution in [0.5, 0.6) is 0 Å². The molecule has 0 aliphatic rings. The molecule has 0 spiro atoms. The molecule has 1 radical (unpaired) electrons. The van der Waals surface area contributed by atoms with Gasteiger partial charge in [-0.1, -0.05) is 0 Å². The quantitative estimate of drug-likeness (QED) is 0.361. The molecule has 0 fully saturated rings. The average molecular weight is 225 g/mol. The molecule has 0 N–H and O–H groups in total. The Balaban J connectivity index is -0.00000000655. The SMILES string of the molecule is [CH-]=O.[CH-]=O.[CH-]=O.[CH-]=O.[CH-]=O.[CH-]=O.[V]. The van der Waals surface area contributed by atoms with Crippen molar-refractivity contribution in [1.29, 1.82) is 0 Å². The normalized spacial score (nSPS) is 1.85. The van der Waals surface area contributed by atoms with Crippen molar-refractivity contribution in [3.63, 3.8) is 0 Å². The molecule has 0 aliphatic carbocycles. The molecular weight excluding hydrogens is 219 g/mol. The van der Waals surface area contributed by atoms with E-state index >= 15 is 0 Å². The molecule has 0 unspecified atom stereocenters. The summed E-state index contributed by atoms with van der Waals surface area (Å²) in [6.07, 6.45) is 0. The Morgan fingerprint density at radius 2 is 0.308 bits per heavy atom. The number of carbonyl (C=O) groups excluding carboxylic acids is 6. The molecule has 0 atom stereocenters. The Hall–Kier alpha value is -1.40. The number of hydrogen-bond acceptors (Lipinski definition) is 6. The molecule has 0 aromatic carbocycles. The summed E-state index contributed by atoms with van der Waals surface area (Å²) in [5, 5.41) is 0. The van der Waals surface area contributed by atoms with Gasteiger partial charge in [0.05, 0.1) is 0 Å². The molecule has 7 heteroatoms. The molecule has 13 heavy (non-hydrogen) atoms. The Kier molecular flexibility index (Phi) is 2380. The third kappa shape index (κ3) is 403. The number of rotatable bonds is 0. The molecule has 0 rings (SSSR count). The fraction of sp³-hybridized carbons (Fsp3) is 0. The van der Waals surface area contributed by atoms with Crippen LogP contribution >= 0.6 is 0 Å². The van der Waals surface area contributed by atoms with E-state index in [0.717, 1.165) is 0 Å². The van der Waals surface area contributed by atoms with Crippen LogP contribution in [0.1, 0.15) is 0 Å². The molecule has 6 nitrogen and oxygen atoms in total. The van der Waals surface area contributed by atoms with Crippen LogP contribution in [0.4, 0.5) is 0 Å². The summed E-state index contributed by atoms with van der Waals surface area (Å²) in [4.78, 5) is 46.5. The molecule has 77 valence electrons. The summed E-state index contributed by atoms with van der Waals surface area (Å²) in [5.41, 5.74) is 0. The van der Waals surface area contributed by atoms with Gasteiger partial charge < -0.3 is 28.8 Å². The Morgan fingerprint density at radius 1 is 0.308 bits per heavy atom. The monoisotopic (exact) mass is 225 g/mol. The summed E-state index contributed by atoms with van der Waals surface area (Å²) in [6.45, 7) is 19.5. The molecule has 0 saturated carbocycles. The van der Waals surface area contributed by atoms with E-state index in [-0.39, 0.29) is 18.6 Å². The molecular formula is C6H6O6V-6. The van der Waals surface area contributed by atoms with Crippen molar-refractivity contribution in [3.05, 3.63) is 0 Å². The second kappa shape index (κ2) is 502. The molecule has 0 aromatic rings. The molecule has 0 amide bonds. The first-order chi connectivity index (χ1) is 6.00. The standard InChI is InChI=1S/6CHO.V/c6*1-2;/h6*1H;/q6*-1;. The summed E-state index contributed by atoms with van der Waals surface area (Å²) in [6, 6.07) is 0. The van der Waals surface area contributed by atoms with Crippen LogP contribution < -0.4 is 0 Å². The first-order valence-electron chi connectivity index (χ1n) is 1.41. The molecule has 0 heterocycles. The molecule has 0 bridgehead atoms. The number of hydrogen-bond donors (Lipinski definition) is 0. The Labute approximate surface area is 88.6 Å². The minimum Gasteiger partial charge on any atom is -0.545 e. The van der Waals surface area contributed by atoms with Gasteiger partial charge in [0.25, 0.3) is 0 Å². The van der Waals surface area contributed by atoms with Crippen molar-refractivity contribution in [1.82, 2.24) is 0 Å². The van der Waals surface area contributed by atoms with E-state index in [9.17, 15) is 0 Å². The van der Waals surface area contributed by atoms with Gasteiger partial charge in [-0.2, -0.15) is 0 Å². The van der Waals surface area contributed by atoms with Crippen LogP contribution in [-0.2, 0) is 47.3 Å². The fourth-order valence-electron chi connectivity index (χ4n) is 0. The van der Waals surface area contributed by atoms with Gasteiger partial charge in [-0.15, -0.1) is 0 Å². The van der Waals surface area contributed by atoms with Gasteiger partial charge in [-0.25, -0.2) is 0 Å². The fourth-order valence-corrected chi connectivity index (χ4v) is 0. The molecule has 0 aliphatic heterocycles. The van der Waals surface area contributed by atoms with Crippen molar-refractivity contribution in [3.8, 4) is 0 Å². The zero-order valence-electron chi connectivity index (χ0n) is 6.36. The van der Waals surface area contributed by atoms with Crippen molar-refractivity contribution in [2.75, 3.05) is 0 Å². The molecule has 0 aromatic heterocycles. The third-order valence-corrected chi connectivity index (χ3v) is 0. The maximum absolute atomic E-state index is 7.75. The summed E-state index contributed by atoms with van der Waals surface area (Å²) in [5.74, 6) is 0. The van der Waals surface area contributed by atoms with Gasteiger partial charge in [0.15, 0.2) is 0 Å². The zero-order chi connectivity index (χ0) is 12.0. The van der Waals surface area contributed by atoms with E-state index in [2.05, 4.69) is 40.7 Å². The predicted molar refractivity (Wildman–Crippen MR) is 40.5 cm³/mol. The van der Waals surface area contributed by atoms with Gasteiger partial charge in [0.2, 0.25) is 0 Å². The maximum atomic E-state index is 7.75. The molecule has 0 saturated heterocycles. The van der Waals surface area contributed by atoms with Crippen LogP contribution in [-0.4, -0.2) is 40.7 Å². The van der Waals surface area contributed by atoms with Crippen LogP contribution in [0.3, 0.4) is 0 Å². The van der Waals surface area contributed by atoms with E-state index in [0.29, 0.717) is 0 Å². The minimum absolute atomic E-state index is 0. The van der Waals surface area contributed by atoms with E-state index in [1.54, 1.807) is 0 Å². The van der Waals surface area contributed by atoms with Crippen molar-refractivity contribution < 1.29 is 47.3 Å². The van der Waals surface area contributed by atoms with Gasteiger partial charge >= 0.3 is 0 Å². The first-order valence-corrected chi connectivity index (χ1v) is 1.41. The Bertz CT molecular complexity index is 32.6. The van der Waals surface area contributed by atoms with Gasteiger partial charge in [-0.05, 0) is 0 Å². The van der Waals surface area contributed by atoms with E-state index < -0.39 is 0 Å². The van der Waals surface area contributed by atoms with Crippen LogP contribution in [0, 0.1) is 0 Å². The average Bonchev–Trinajstić information content (AvgIpc) is 2.33. The summed E-state index contributed by atoms with van der Waals surface area (Å²) >= 11 is 0. The Morgan fingerprint density at radius 3 is 0.308 bits per heavy atom. The topological polar surface area (TPSA) is 102 Å².